The molecule has 0 spiro atoms. The highest BCUT2D eigenvalue weighted by Crippen LogP contribution is 2.28. The number of rotatable bonds is 6. The minimum atomic E-state index is -4.01. The molecule has 0 fully saturated rings. The Morgan fingerprint density at radius 3 is 2.16 bits per heavy atom. The summed E-state index contributed by atoms with van der Waals surface area (Å²) in [7, 11) is -1.89. The van der Waals surface area contributed by atoms with Crippen LogP contribution in [0, 0.1) is 0 Å². The normalized spacial score (nSPS) is 12.8. The summed E-state index contributed by atoms with van der Waals surface area (Å²) in [6.07, 6.45) is 0.328. The summed E-state index contributed by atoms with van der Waals surface area (Å²) in [5.41, 5.74) is 0.230. The van der Waals surface area contributed by atoms with Crippen LogP contribution in [0.1, 0.15) is 19.5 Å². The van der Waals surface area contributed by atoms with E-state index in [9.17, 15) is 16.8 Å². The predicted octanol–water partition coefficient (Wildman–Crippen LogP) is 1.46. The van der Waals surface area contributed by atoms with Gasteiger partial charge in [0.1, 0.15) is 10.0 Å². The van der Waals surface area contributed by atoms with Crippen LogP contribution in [0.3, 0.4) is 0 Å². The second kappa shape index (κ2) is 5.99. The first-order valence-electron chi connectivity index (χ1n) is 5.52. The van der Waals surface area contributed by atoms with Gasteiger partial charge < -0.3 is 0 Å². The Kier molecular flexibility index (Phi) is 5.28. The van der Waals surface area contributed by atoms with Crippen LogP contribution in [0.4, 0.5) is 0 Å². The van der Waals surface area contributed by atoms with Crippen molar-refractivity contribution in [2.45, 2.75) is 31.7 Å². The number of nitrogens with zero attached hydrogens (tertiary/aromatic N) is 2. The topological polar surface area (TPSA) is 86.1 Å². The quantitative estimate of drug-likeness (QED) is 0.726. The van der Waals surface area contributed by atoms with E-state index in [0.717, 1.165) is 4.68 Å². The van der Waals surface area contributed by atoms with Crippen molar-refractivity contribution in [2.75, 3.05) is 11.5 Å². The summed E-state index contributed by atoms with van der Waals surface area (Å²) in [5.74, 6) is -0.150. The zero-order valence-electron chi connectivity index (χ0n) is 10.4. The number of aryl methyl sites for hydroxylation is 2. The Morgan fingerprint density at radius 2 is 1.79 bits per heavy atom. The Morgan fingerprint density at radius 1 is 1.21 bits per heavy atom. The van der Waals surface area contributed by atoms with Crippen molar-refractivity contribution < 1.29 is 16.8 Å². The van der Waals surface area contributed by atoms with E-state index in [-0.39, 0.29) is 33.8 Å². The fourth-order valence-corrected chi connectivity index (χ4v) is 4.12. The van der Waals surface area contributed by atoms with E-state index >= 15 is 0 Å². The second-order valence-electron chi connectivity index (χ2n) is 3.82. The van der Waals surface area contributed by atoms with Crippen molar-refractivity contribution in [3.8, 4) is 0 Å². The van der Waals surface area contributed by atoms with Crippen molar-refractivity contribution in [3.05, 3.63) is 10.8 Å². The third-order valence-corrected chi connectivity index (χ3v) is 6.11. The molecule has 0 bridgehead atoms. The largest absolute Gasteiger partial charge is 0.266 e. The van der Waals surface area contributed by atoms with Crippen LogP contribution in [0.2, 0.25) is 5.15 Å². The number of hydrogen-bond donors (Lipinski definition) is 0. The highest BCUT2D eigenvalue weighted by molar-refractivity contribution is 8.13. The molecule has 1 aromatic heterocycles. The molecule has 0 atom stereocenters. The van der Waals surface area contributed by atoms with E-state index in [1.807, 2.05) is 0 Å². The van der Waals surface area contributed by atoms with Gasteiger partial charge in [0, 0.05) is 16.4 Å². The molecule has 10 heteroatoms. The summed E-state index contributed by atoms with van der Waals surface area (Å²) in [6.45, 7) is 3.23. The molecule has 110 valence electrons. The molecule has 0 aromatic carbocycles. The lowest BCUT2D eigenvalue weighted by atomic mass is 10.3. The van der Waals surface area contributed by atoms with Gasteiger partial charge in [0.2, 0.25) is 0 Å². The minimum absolute atomic E-state index is 0.00554. The van der Waals surface area contributed by atoms with E-state index in [1.165, 1.54) is 6.92 Å². The van der Waals surface area contributed by atoms with Crippen LogP contribution in [0.5, 0.6) is 0 Å². The molecular formula is C9H14Cl2N2O4S2. The molecule has 1 aromatic rings. The summed E-state index contributed by atoms with van der Waals surface area (Å²) in [6, 6.07) is 0. The molecule has 19 heavy (non-hydrogen) atoms. The Bertz CT molecular complexity index is 665. The van der Waals surface area contributed by atoms with E-state index < -0.39 is 18.9 Å². The zero-order valence-corrected chi connectivity index (χ0v) is 13.6. The average Bonchev–Trinajstić information content (AvgIpc) is 2.63. The molecule has 0 unspecified atom stereocenters. The fraction of sp³-hybridized carbons (Fsp3) is 0.667. The van der Waals surface area contributed by atoms with Crippen LogP contribution in [0.15, 0.2) is 4.90 Å². The highest BCUT2D eigenvalue weighted by Gasteiger charge is 2.25. The van der Waals surface area contributed by atoms with Gasteiger partial charge in [0.05, 0.1) is 18.0 Å². The van der Waals surface area contributed by atoms with Gasteiger partial charge in [0.25, 0.3) is 9.05 Å². The molecule has 1 rings (SSSR count). The SMILES string of the molecule is CCc1nn(CCS(=O)(=O)CC)c(Cl)c1S(=O)(=O)Cl. The maximum absolute atomic E-state index is 11.4. The third kappa shape index (κ3) is 4.08. The van der Waals surface area contributed by atoms with Crippen LogP contribution >= 0.6 is 22.3 Å². The molecule has 0 saturated heterocycles. The van der Waals surface area contributed by atoms with Crippen molar-refractivity contribution in [1.29, 1.82) is 0 Å². The minimum Gasteiger partial charge on any atom is -0.251 e. The van der Waals surface area contributed by atoms with Crippen molar-refractivity contribution >= 4 is 41.2 Å². The van der Waals surface area contributed by atoms with Crippen molar-refractivity contribution in [3.63, 3.8) is 0 Å². The van der Waals surface area contributed by atoms with E-state index in [2.05, 4.69) is 5.10 Å². The zero-order chi connectivity index (χ0) is 14.8. The highest BCUT2D eigenvalue weighted by atomic mass is 35.7. The molecule has 0 aliphatic heterocycles. The van der Waals surface area contributed by atoms with Crippen molar-refractivity contribution in [2.24, 2.45) is 0 Å². The van der Waals surface area contributed by atoms with Crippen LogP contribution in [0.25, 0.3) is 0 Å². The van der Waals surface area contributed by atoms with Gasteiger partial charge in [-0.3, -0.25) is 4.68 Å². The monoisotopic (exact) mass is 348 g/mol. The molecule has 6 nitrogen and oxygen atoms in total. The average molecular weight is 349 g/mol. The molecule has 0 radical (unpaired) electrons. The lowest BCUT2D eigenvalue weighted by Gasteiger charge is -2.03. The standard InChI is InChI=1S/C9H14Cl2N2O4S2/c1-3-7-8(19(11,16)17)9(10)13(12-7)5-6-18(14,15)4-2/h3-6H2,1-2H3. The maximum atomic E-state index is 11.4. The molecular weight excluding hydrogens is 335 g/mol. The number of hydrogen-bond acceptors (Lipinski definition) is 5. The van der Waals surface area contributed by atoms with Gasteiger partial charge in [-0.1, -0.05) is 25.4 Å². The number of aromatic nitrogens is 2. The fourth-order valence-electron chi connectivity index (χ4n) is 1.46. The Balaban J connectivity index is 3.16. The number of halogens is 2. The second-order valence-corrected chi connectivity index (χ2v) is 9.15. The van der Waals surface area contributed by atoms with Crippen LogP contribution < -0.4 is 0 Å². The molecule has 0 amide bonds. The lowest BCUT2D eigenvalue weighted by molar-refractivity contribution is 0.580. The van der Waals surface area contributed by atoms with Gasteiger partial charge in [-0.05, 0) is 6.42 Å². The van der Waals surface area contributed by atoms with E-state index in [0.29, 0.717) is 6.42 Å². The third-order valence-electron chi connectivity index (χ3n) is 2.55. The van der Waals surface area contributed by atoms with Gasteiger partial charge in [-0.15, -0.1) is 0 Å². The molecule has 0 aliphatic carbocycles. The van der Waals surface area contributed by atoms with E-state index in [4.69, 9.17) is 22.3 Å². The molecule has 0 N–H and O–H groups in total. The van der Waals surface area contributed by atoms with Crippen LogP contribution in [-0.4, -0.2) is 38.1 Å². The smallest absolute Gasteiger partial charge is 0.251 e. The molecule has 0 aliphatic rings. The first kappa shape index (κ1) is 16.7. The van der Waals surface area contributed by atoms with E-state index in [1.54, 1.807) is 6.92 Å². The van der Waals surface area contributed by atoms with Crippen LogP contribution in [-0.2, 0) is 31.9 Å². The van der Waals surface area contributed by atoms with Gasteiger partial charge >= 0.3 is 0 Å². The Labute approximate surface area is 122 Å². The molecule has 0 saturated carbocycles. The first-order chi connectivity index (χ1) is 8.62. The van der Waals surface area contributed by atoms with Gasteiger partial charge in [0.15, 0.2) is 9.84 Å². The van der Waals surface area contributed by atoms with Gasteiger partial charge in [-0.25, -0.2) is 16.8 Å². The first-order valence-corrected chi connectivity index (χ1v) is 10.0. The summed E-state index contributed by atoms with van der Waals surface area (Å²) >= 11 is 5.91. The lowest BCUT2D eigenvalue weighted by Crippen LogP contribution is -2.15. The predicted molar refractivity (Wildman–Crippen MR) is 74.0 cm³/mol. The summed E-state index contributed by atoms with van der Waals surface area (Å²) < 4.78 is 46.8. The molecule has 1 heterocycles. The summed E-state index contributed by atoms with van der Waals surface area (Å²) in [5, 5.41) is 3.83. The van der Waals surface area contributed by atoms with Gasteiger partial charge in [-0.2, -0.15) is 5.10 Å². The maximum Gasteiger partial charge on any atom is 0.266 e. The Hall–Kier alpha value is -0.310. The number of sulfone groups is 1. The summed E-state index contributed by atoms with van der Waals surface area (Å²) in [4.78, 5) is -0.243. The van der Waals surface area contributed by atoms with Crippen molar-refractivity contribution in [1.82, 2.24) is 9.78 Å².